The Balaban J connectivity index is 1.76. The predicted molar refractivity (Wildman–Crippen MR) is 96.4 cm³/mol. The number of sulfonamides is 1. The molecule has 150 valence electrons. The van der Waals surface area contributed by atoms with Crippen molar-refractivity contribution in [1.29, 1.82) is 0 Å². The van der Waals surface area contributed by atoms with E-state index in [9.17, 15) is 22.0 Å². The van der Waals surface area contributed by atoms with Gasteiger partial charge >= 0.3 is 0 Å². The molecule has 0 saturated carbocycles. The van der Waals surface area contributed by atoms with Gasteiger partial charge in [-0.1, -0.05) is 0 Å². The van der Waals surface area contributed by atoms with Gasteiger partial charge in [-0.05, 0) is 36.8 Å². The summed E-state index contributed by atoms with van der Waals surface area (Å²) in [5, 5.41) is 0. The maximum absolute atomic E-state index is 13.4. The fourth-order valence-electron chi connectivity index (χ4n) is 2.84. The highest BCUT2D eigenvalue weighted by Gasteiger charge is 2.35. The molecule has 1 saturated heterocycles. The molecule has 0 N–H and O–H groups in total. The number of carbonyl (C=O) groups excluding carboxylic acids is 1. The zero-order chi connectivity index (χ0) is 20.5. The topological polar surface area (TPSA) is 79.8 Å². The summed E-state index contributed by atoms with van der Waals surface area (Å²) in [4.78, 5) is 17.4. The van der Waals surface area contributed by atoms with Crippen molar-refractivity contribution in [1.82, 2.24) is 14.2 Å². The van der Waals surface area contributed by atoms with E-state index < -0.39 is 27.8 Å². The van der Waals surface area contributed by atoms with Gasteiger partial charge in [0.2, 0.25) is 15.9 Å². The average molecular weight is 411 g/mol. The van der Waals surface area contributed by atoms with Gasteiger partial charge in [0.05, 0.1) is 11.4 Å². The van der Waals surface area contributed by atoms with Crippen LogP contribution in [0.25, 0.3) is 0 Å². The van der Waals surface area contributed by atoms with Crippen molar-refractivity contribution < 1.29 is 26.7 Å². The molecule has 3 rings (SSSR count). The van der Waals surface area contributed by atoms with Crippen molar-refractivity contribution in [2.45, 2.75) is 17.4 Å². The number of hydrogen-bond donors (Lipinski definition) is 0. The molecule has 10 heteroatoms. The molecule has 0 radical (unpaired) electrons. The van der Waals surface area contributed by atoms with E-state index in [0.717, 1.165) is 16.4 Å². The second kappa shape index (κ2) is 7.80. The highest BCUT2D eigenvalue weighted by molar-refractivity contribution is 7.89. The van der Waals surface area contributed by atoms with Crippen molar-refractivity contribution in [3.05, 3.63) is 53.7 Å². The van der Waals surface area contributed by atoms with E-state index in [1.165, 1.54) is 11.1 Å². The van der Waals surface area contributed by atoms with Crippen LogP contribution < -0.4 is 4.74 Å². The van der Waals surface area contributed by atoms with Crippen molar-refractivity contribution in [3.63, 3.8) is 0 Å². The number of halogens is 2. The standard InChI is InChI=1S/C18H19F2N3O4S/c1-22(2)18(24)14-4-3-8-21-17(14)27-12-7-9-23(11-12)28(25,26)13-5-6-15(19)16(20)10-13/h3-6,8,10,12H,7,9,11H2,1-2H3. The Hall–Kier alpha value is -2.59. The van der Waals surface area contributed by atoms with E-state index >= 15 is 0 Å². The van der Waals surface area contributed by atoms with Gasteiger partial charge < -0.3 is 9.64 Å². The smallest absolute Gasteiger partial charge is 0.258 e. The zero-order valence-corrected chi connectivity index (χ0v) is 16.1. The van der Waals surface area contributed by atoms with Crippen LogP contribution in [0.3, 0.4) is 0 Å². The first kappa shape index (κ1) is 20.2. The molecule has 2 heterocycles. The van der Waals surface area contributed by atoms with Crippen LogP contribution in [0.4, 0.5) is 8.78 Å². The van der Waals surface area contributed by atoms with E-state index in [0.29, 0.717) is 12.5 Å². The van der Waals surface area contributed by atoms with E-state index in [4.69, 9.17) is 4.74 Å². The number of benzene rings is 1. The van der Waals surface area contributed by atoms with Crippen LogP contribution >= 0.6 is 0 Å². The van der Waals surface area contributed by atoms with Crippen LogP contribution in [-0.2, 0) is 10.0 Å². The van der Waals surface area contributed by atoms with Gasteiger partial charge in [-0.2, -0.15) is 4.31 Å². The number of amides is 1. The first-order valence-electron chi connectivity index (χ1n) is 8.48. The largest absolute Gasteiger partial charge is 0.472 e. The van der Waals surface area contributed by atoms with Crippen molar-refractivity contribution in [3.8, 4) is 5.88 Å². The van der Waals surface area contributed by atoms with Gasteiger partial charge in [-0.25, -0.2) is 22.2 Å². The fourth-order valence-corrected chi connectivity index (χ4v) is 4.34. The Morgan fingerprint density at radius 2 is 2.00 bits per heavy atom. The summed E-state index contributed by atoms with van der Waals surface area (Å²) in [6.07, 6.45) is 1.32. The number of pyridine rings is 1. The summed E-state index contributed by atoms with van der Waals surface area (Å²) in [5.41, 5.74) is 0.273. The molecule has 1 unspecified atom stereocenters. The molecule has 2 aromatic rings. The van der Waals surface area contributed by atoms with Crippen LogP contribution in [-0.4, -0.2) is 61.8 Å². The molecular formula is C18H19F2N3O4S. The van der Waals surface area contributed by atoms with Gasteiger partial charge in [-0.15, -0.1) is 0 Å². The lowest BCUT2D eigenvalue weighted by Crippen LogP contribution is -2.31. The Kier molecular flexibility index (Phi) is 5.61. The van der Waals surface area contributed by atoms with Crippen LogP contribution in [0.2, 0.25) is 0 Å². The number of rotatable bonds is 5. The number of aromatic nitrogens is 1. The second-order valence-electron chi connectivity index (χ2n) is 6.52. The van der Waals surface area contributed by atoms with E-state index in [1.54, 1.807) is 26.2 Å². The van der Waals surface area contributed by atoms with Gasteiger partial charge in [0.25, 0.3) is 5.91 Å². The van der Waals surface area contributed by atoms with E-state index in [-0.39, 0.29) is 35.3 Å². The lowest BCUT2D eigenvalue weighted by atomic mass is 10.2. The molecular weight excluding hydrogens is 392 g/mol. The molecule has 1 aliphatic rings. The third-order valence-electron chi connectivity index (χ3n) is 4.32. The molecule has 28 heavy (non-hydrogen) atoms. The van der Waals surface area contributed by atoms with Gasteiger partial charge in [0, 0.05) is 26.8 Å². The first-order chi connectivity index (χ1) is 13.2. The predicted octanol–water partition coefficient (Wildman–Crippen LogP) is 1.90. The molecule has 1 atom stereocenters. The van der Waals surface area contributed by atoms with E-state index in [2.05, 4.69) is 4.98 Å². The number of nitrogens with zero attached hydrogens (tertiary/aromatic N) is 3. The first-order valence-corrected chi connectivity index (χ1v) is 9.92. The van der Waals surface area contributed by atoms with Crippen LogP contribution in [0.15, 0.2) is 41.4 Å². The molecule has 0 aliphatic carbocycles. The van der Waals surface area contributed by atoms with Crippen molar-refractivity contribution in [2.24, 2.45) is 0 Å². The van der Waals surface area contributed by atoms with Gasteiger partial charge in [0.15, 0.2) is 11.6 Å². The summed E-state index contributed by atoms with van der Waals surface area (Å²) >= 11 is 0. The Bertz CT molecular complexity index is 998. The molecule has 0 spiro atoms. The third-order valence-corrected chi connectivity index (χ3v) is 6.18. The zero-order valence-electron chi connectivity index (χ0n) is 15.3. The summed E-state index contributed by atoms with van der Waals surface area (Å²) < 4.78 is 58.8. The van der Waals surface area contributed by atoms with Crippen LogP contribution in [0, 0.1) is 11.6 Å². The lowest BCUT2D eigenvalue weighted by molar-refractivity contribution is 0.0818. The molecule has 7 nitrogen and oxygen atoms in total. The average Bonchev–Trinajstić information content (AvgIpc) is 3.13. The van der Waals surface area contributed by atoms with Crippen LogP contribution in [0.5, 0.6) is 5.88 Å². The Labute approximate surface area is 161 Å². The minimum Gasteiger partial charge on any atom is -0.472 e. The molecule has 1 amide bonds. The monoisotopic (exact) mass is 411 g/mol. The third kappa shape index (κ3) is 3.97. The second-order valence-corrected chi connectivity index (χ2v) is 8.46. The molecule has 1 aliphatic heterocycles. The number of ether oxygens (including phenoxy) is 1. The maximum atomic E-state index is 13.4. The van der Waals surface area contributed by atoms with Crippen molar-refractivity contribution in [2.75, 3.05) is 27.2 Å². The summed E-state index contributed by atoms with van der Waals surface area (Å²) in [5.74, 6) is -2.51. The van der Waals surface area contributed by atoms with Crippen molar-refractivity contribution >= 4 is 15.9 Å². The van der Waals surface area contributed by atoms with E-state index in [1.807, 2.05) is 0 Å². The number of carbonyl (C=O) groups is 1. The van der Waals surface area contributed by atoms with Gasteiger partial charge in [0.1, 0.15) is 11.7 Å². The quantitative estimate of drug-likeness (QED) is 0.751. The summed E-state index contributed by atoms with van der Waals surface area (Å²) in [7, 11) is -0.788. The highest BCUT2D eigenvalue weighted by atomic mass is 32.2. The van der Waals surface area contributed by atoms with Crippen LogP contribution in [0.1, 0.15) is 16.8 Å². The molecule has 1 aromatic heterocycles. The summed E-state index contributed by atoms with van der Waals surface area (Å²) in [6, 6.07) is 5.65. The van der Waals surface area contributed by atoms with Gasteiger partial charge in [-0.3, -0.25) is 4.79 Å². The fraction of sp³-hybridized carbons (Fsp3) is 0.333. The minimum atomic E-state index is -3.99. The highest BCUT2D eigenvalue weighted by Crippen LogP contribution is 2.26. The SMILES string of the molecule is CN(C)C(=O)c1cccnc1OC1CCN(S(=O)(=O)c2ccc(F)c(F)c2)C1. The normalized spacial score (nSPS) is 17.5. The lowest BCUT2D eigenvalue weighted by Gasteiger charge is -2.18. The Morgan fingerprint density at radius 3 is 2.68 bits per heavy atom. The molecule has 1 fully saturated rings. The minimum absolute atomic E-state index is 0.00744. The Morgan fingerprint density at radius 1 is 1.25 bits per heavy atom. The molecule has 0 bridgehead atoms. The molecule has 1 aromatic carbocycles. The summed E-state index contributed by atoms with van der Waals surface area (Å²) in [6.45, 7) is 0.156. The number of hydrogen-bond acceptors (Lipinski definition) is 5. The maximum Gasteiger partial charge on any atom is 0.258 e.